The molecule has 1 aromatic rings. The molecule has 14 heavy (non-hydrogen) atoms. The third kappa shape index (κ3) is 3.84. The van der Waals surface area contributed by atoms with Crippen molar-refractivity contribution in [2.24, 2.45) is 0 Å². The van der Waals surface area contributed by atoms with E-state index in [1.54, 1.807) is 12.3 Å². The van der Waals surface area contributed by atoms with Gasteiger partial charge >= 0.3 is 6.09 Å². The molecule has 1 N–H and O–H groups in total. The molecule has 1 aromatic heterocycles. The fraction of sp³-hybridized carbons (Fsp3) is 0.444. The van der Waals surface area contributed by atoms with E-state index in [-0.39, 0.29) is 0 Å². The van der Waals surface area contributed by atoms with Crippen molar-refractivity contribution in [3.8, 4) is 0 Å². The number of carbonyl (C=O) groups is 1. The van der Waals surface area contributed by atoms with Gasteiger partial charge < -0.3 is 4.74 Å². The summed E-state index contributed by atoms with van der Waals surface area (Å²) in [6.45, 7) is 2.47. The number of hydrogen-bond acceptors (Lipinski definition) is 4. The second-order valence-electron chi connectivity index (χ2n) is 2.71. The molecule has 0 unspecified atom stereocenters. The van der Waals surface area contributed by atoms with E-state index in [0.29, 0.717) is 12.4 Å². The number of rotatable bonds is 4. The Morgan fingerprint density at radius 1 is 1.64 bits per heavy atom. The average molecular weight is 195 g/mol. The van der Waals surface area contributed by atoms with Crippen molar-refractivity contribution in [3.05, 3.63) is 18.6 Å². The van der Waals surface area contributed by atoms with Crippen LogP contribution in [0, 0.1) is 0 Å². The van der Waals surface area contributed by atoms with Crippen molar-refractivity contribution in [1.82, 2.24) is 9.97 Å². The number of amides is 1. The monoisotopic (exact) mass is 195 g/mol. The molecule has 5 nitrogen and oxygen atoms in total. The minimum Gasteiger partial charge on any atom is -0.449 e. The Balaban J connectivity index is 2.27. The molecule has 0 saturated heterocycles. The summed E-state index contributed by atoms with van der Waals surface area (Å²) in [6.07, 6.45) is 4.31. The van der Waals surface area contributed by atoms with Crippen LogP contribution < -0.4 is 5.32 Å². The van der Waals surface area contributed by atoms with Crippen molar-refractivity contribution in [2.75, 3.05) is 11.9 Å². The number of anilines is 1. The van der Waals surface area contributed by atoms with Gasteiger partial charge in [-0.05, 0) is 12.5 Å². The molecule has 0 fully saturated rings. The van der Waals surface area contributed by atoms with Gasteiger partial charge in [0.25, 0.3) is 0 Å². The third-order valence-corrected chi connectivity index (χ3v) is 1.54. The Morgan fingerprint density at radius 2 is 2.50 bits per heavy atom. The Labute approximate surface area is 82.5 Å². The molecule has 1 rings (SSSR count). The van der Waals surface area contributed by atoms with Crippen LogP contribution in [0.2, 0.25) is 0 Å². The van der Waals surface area contributed by atoms with Crippen LogP contribution in [0.15, 0.2) is 18.6 Å². The van der Waals surface area contributed by atoms with Crippen LogP contribution in [0.1, 0.15) is 19.8 Å². The van der Waals surface area contributed by atoms with Crippen LogP contribution in [0.4, 0.5) is 10.6 Å². The molecule has 0 aliphatic rings. The summed E-state index contributed by atoms with van der Waals surface area (Å²) >= 11 is 0. The first-order valence-corrected chi connectivity index (χ1v) is 4.52. The first kappa shape index (κ1) is 10.4. The van der Waals surface area contributed by atoms with E-state index >= 15 is 0 Å². The van der Waals surface area contributed by atoms with E-state index in [1.807, 2.05) is 6.92 Å². The van der Waals surface area contributed by atoms with Crippen molar-refractivity contribution in [2.45, 2.75) is 19.8 Å². The van der Waals surface area contributed by atoms with Crippen molar-refractivity contribution >= 4 is 11.9 Å². The molecule has 5 heteroatoms. The van der Waals surface area contributed by atoms with Gasteiger partial charge in [0.2, 0.25) is 0 Å². The lowest BCUT2D eigenvalue weighted by atomic mass is 10.4. The van der Waals surface area contributed by atoms with E-state index in [0.717, 1.165) is 12.8 Å². The average Bonchev–Trinajstić information content (AvgIpc) is 2.20. The van der Waals surface area contributed by atoms with E-state index in [4.69, 9.17) is 4.74 Å². The van der Waals surface area contributed by atoms with Crippen LogP contribution in [0.3, 0.4) is 0 Å². The second kappa shape index (κ2) is 5.90. The van der Waals surface area contributed by atoms with Crippen LogP contribution in [0.5, 0.6) is 0 Å². The standard InChI is InChI=1S/C9H13N3O2/c1-2-3-6-14-9(13)12-8-4-5-10-7-11-8/h4-5,7H,2-3,6H2,1H3,(H,10,11,12,13). The highest BCUT2D eigenvalue weighted by atomic mass is 16.5. The fourth-order valence-electron chi connectivity index (χ4n) is 0.814. The van der Waals surface area contributed by atoms with Crippen LogP contribution in [-0.4, -0.2) is 22.7 Å². The van der Waals surface area contributed by atoms with Crippen LogP contribution >= 0.6 is 0 Å². The van der Waals surface area contributed by atoms with Crippen molar-refractivity contribution < 1.29 is 9.53 Å². The predicted octanol–water partition coefficient (Wildman–Crippen LogP) is 1.83. The lowest BCUT2D eigenvalue weighted by molar-refractivity contribution is 0.160. The van der Waals surface area contributed by atoms with Gasteiger partial charge in [-0.2, -0.15) is 0 Å². The molecule has 0 atom stereocenters. The van der Waals surface area contributed by atoms with E-state index in [2.05, 4.69) is 15.3 Å². The minimum absolute atomic E-state index is 0.438. The van der Waals surface area contributed by atoms with Gasteiger partial charge in [0, 0.05) is 6.20 Å². The molecule has 0 radical (unpaired) electrons. The number of carbonyl (C=O) groups excluding carboxylic acids is 1. The quantitative estimate of drug-likeness (QED) is 0.744. The fourth-order valence-corrected chi connectivity index (χ4v) is 0.814. The largest absolute Gasteiger partial charge is 0.449 e. The smallest absolute Gasteiger partial charge is 0.412 e. The van der Waals surface area contributed by atoms with Gasteiger partial charge in [0.05, 0.1) is 6.61 Å². The molecule has 76 valence electrons. The summed E-state index contributed by atoms with van der Waals surface area (Å²) in [5.41, 5.74) is 0. The van der Waals surface area contributed by atoms with Gasteiger partial charge in [-0.1, -0.05) is 13.3 Å². The minimum atomic E-state index is -0.475. The van der Waals surface area contributed by atoms with Gasteiger partial charge in [-0.3, -0.25) is 5.32 Å². The number of hydrogen-bond donors (Lipinski definition) is 1. The summed E-state index contributed by atoms with van der Waals surface area (Å²) < 4.78 is 4.88. The van der Waals surface area contributed by atoms with E-state index < -0.39 is 6.09 Å². The zero-order valence-electron chi connectivity index (χ0n) is 8.06. The molecule has 1 amide bonds. The highest BCUT2D eigenvalue weighted by Gasteiger charge is 2.02. The first-order valence-electron chi connectivity index (χ1n) is 4.52. The third-order valence-electron chi connectivity index (χ3n) is 1.54. The second-order valence-corrected chi connectivity index (χ2v) is 2.71. The maximum atomic E-state index is 11.1. The lowest BCUT2D eigenvalue weighted by Crippen LogP contribution is -2.15. The van der Waals surface area contributed by atoms with Crippen molar-refractivity contribution in [1.29, 1.82) is 0 Å². The Morgan fingerprint density at radius 3 is 3.14 bits per heavy atom. The number of nitrogens with zero attached hydrogens (tertiary/aromatic N) is 2. The molecule has 0 aromatic carbocycles. The Bertz CT molecular complexity index is 277. The maximum absolute atomic E-state index is 11.1. The maximum Gasteiger partial charge on any atom is 0.412 e. The Kier molecular flexibility index (Phi) is 4.40. The lowest BCUT2D eigenvalue weighted by Gasteiger charge is -2.04. The summed E-state index contributed by atoms with van der Waals surface area (Å²) in [5, 5.41) is 2.49. The number of unbranched alkanes of at least 4 members (excludes halogenated alkanes) is 1. The van der Waals surface area contributed by atoms with Gasteiger partial charge in [0.1, 0.15) is 12.1 Å². The van der Waals surface area contributed by atoms with E-state index in [9.17, 15) is 4.79 Å². The van der Waals surface area contributed by atoms with E-state index in [1.165, 1.54) is 6.33 Å². The summed E-state index contributed by atoms with van der Waals surface area (Å²) in [5.74, 6) is 0.446. The topological polar surface area (TPSA) is 64.1 Å². The van der Waals surface area contributed by atoms with Gasteiger partial charge in [-0.15, -0.1) is 0 Å². The number of ether oxygens (including phenoxy) is 1. The molecule has 0 aliphatic carbocycles. The van der Waals surface area contributed by atoms with Crippen LogP contribution in [-0.2, 0) is 4.74 Å². The summed E-state index contributed by atoms with van der Waals surface area (Å²) in [4.78, 5) is 18.6. The Hall–Kier alpha value is -1.65. The summed E-state index contributed by atoms with van der Waals surface area (Å²) in [7, 11) is 0. The highest BCUT2D eigenvalue weighted by molar-refractivity contribution is 5.83. The van der Waals surface area contributed by atoms with Gasteiger partial charge in [0.15, 0.2) is 0 Å². The van der Waals surface area contributed by atoms with Gasteiger partial charge in [-0.25, -0.2) is 14.8 Å². The SMILES string of the molecule is CCCCOC(=O)Nc1ccncn1. The summed E-state index contributed by atoms with van der Waals surface area (Å²) in [6, 6.07) is 1.60. The molecule has 0 spiro atoms. The molecule has 0 aliphatic heterocycles. The van der Waals surface area contributed by atoms with Crippen LogP contribution in [0.25, 0.3) is 0 Å². The predicted molar refractivity (Wildman–Crippen MR) is 51.9 cm³/mol. The molecular weight excluding hydrogens is 182 g/mol. The highest BCUT2D eigenvalue weighted by Crippen LogP contribution is 1.99. The molecule has 0 bridgehead atoms. The molecule has 1 heterocycles. The number of aromatic nitrogens is 2. The molecule has 0 saturated carbocycles. The normalized spacial score (nSPS) is 9.50. The first-order chi connectivity index (χ1) is 6.83. The zero-order chi connectivity index (χ0) is 10.2. The molecular formula is C9H13N3O2. The number of nitrogens with one attached hydrogen (secondary N) is 1. The van der Waals surface area contributed by atoms with Crippen molar-refractivity contribution in [3.63, 3.8) is 0 Å². The zero-order valence-corrected chi connectivity index (χ0v) is 8.06.